The molecule has 0 aromatic heterocycles. The van der Waals surface area contributed by atoms with Crippen molar-refractivity contribution in [2.75, 3.05) is 33.3 Å². The van der Waals surface area contributed by atoms with E-state index in [1.54, 1.807) is 18.2 Å². The summed E-state index contributed by atoms with van der Waals surface area (Å²) in [4.78, 5) is 2.07. The number of nitrogens with zero attached hydrogens (tertiary/aromatic N) is 1. The second kappa shape index (κ2) is 8.97. The van der Waals surface area contributed by atoms with Gasteiger partial charge in [0.1, 0.15) is 5.75 Å². The molecule has 1 aromatic carbocycles. The van der Waals surface area contributed by atoms with Crippen LogP contribution in [0.5, 0.6) is 5.75 Å². The molecule has 1 N–H and O–H groups in total. The van der Waals surface area contributed by atoms with Gasteiger partial charge in [0.25, 0.3) is 0 Å². The highest BCUT2D eigenvalue weighted by Gasteiger charge is 2.32. The molecule has 0 aliphatic carbocycles. The predicted octanol–water partition coefficient (Wildman–Crippen LogP) is 4.06. The summed E-state index contributed by atoms with van der Waals surface area (Å²) in [5.74, 6) is 0.579. The average molecular weight is 373 g/mol. The van der Waals surface area contributed by atoms with E-state index >= 15 is 0 Å². The van der Waals surface area contributed by atoms with Crippen molar-refractivity contribution in [2.24, 2.45) is 0 Å². The average Bonchev–Trinajstić information content (AvgIpc) is 2.48. The van der Waals surface area contributed by atoms with Gasteiger partial charge in [0, 0.05) is 49.2 Å². The summed E-state index contributed by atoms with van der Waals surface area (Å²) < 4.78 is 43.3. The van der Waals surface area contributed by atoms with Crippen molar-refractivity contribution in [1.29, 1.82) is 0 Å². The third-order valence-electron chi connectivity index (χ3n) is 3.84. The third kappa shape index (κ3) is 6.03. The van der Waals surface area contributed by atoms with Crippen molar-refractivity contribution in [3.63, 3.8) is 0 Å². The van der Waals surface area contributed by atoms with E-state index in [0.29, 0.717) is 23.9 Å². The standard InChI is InChI=1S/C15H20ClF3N2O.ClH/c1-22-14-3-2-11(16)10-12(14)13(4-5-15(17,18)19)21-8-6-20-7-9-21;/h2-3,10,13,20H,4-9H2,1H3;1H/t13-;/m1./s1. The molecule has 0 unspecified atom stereocenters. The number of benzene rings is 1. The molecule has 1 saturated heterocycles. The largest absolute Gasteiger partial charge is 0.496 e. The van der Waals surface area contributed by atoms with Crippen molar-refractivity contribution in [3.05, 3.63) is 28.8 Å². The highest BCUT2D eigenvalue weighted by Crippen LogP contribution is 2.37. The maximum absolute atomic E-state index is 12.7. The second-order valence-electron chi connectivity index (χ2n) is 5.34. The zero-order chi connectivity index (χ0) is 16.2. The van der Waals surface area contributed by atoms with Crippen LogP contribution in [0.4, 0.5) is 13.2 Å². The molecule has 0 spiro atoms. The van der Waals surface area contributed by atoms with Crippen LogP contribution >= 0.6 is 24.0 Å². The number of ether oxygens (including phenoxy) is 1. The summed E-state index contributed by atoms with van der Waals surface area (Å²) in [7, 11) is 1.52. The van der Waals surface area contributed by atoms with Gasteiger partial charge in [-0.25, -0.2) is 0 Å². The fourth-order valence-electron chi connectivity index (χ4n) is 2.79. The molecule has 1 atom stereocenters. The predicted molar refractivity (Wildman–Crippen MR) is 87.7 cm³/mol. The van der Waals surface area contributed by atoms with Crippen molar-refractivity contribution < 1.29 is 17.9 Å². The van der Waals surface area contributed by atoms with E-state index in [1.165, 1.54) is 7.11 Å². The van der Waals surface area contributed by atoms with Crippen LogP contribution in [0.3, 0.4) is 0 Å². The van der Waals surface area contributed by atoms with Crippen LogP contribution in [-0.2, 0) is 0 Å². The lowest BCUT2D eigenvalue weighted by atomic mass is 9.98. The zero-order valence-electron chi connectivity index (χ0n) is 12.8. The molecule has 1 aromatic rings. The number of piperazine rings is 1. The van der Waals surface area contributed by atoms with E-state index in [2.05, 4.69) is 10.2 Å². The van der Waals surface area contributed by atoms with Gasteiger partial charge in [0.05, 0.1) is 7.11 Å². The Balaban J connectivity index is 0.00000264. The smallest absolute Gasteiger partial charge is 0.389 e. The van der Waals surface area contributed by atoms with E-state index in [4.69, 9.17) is 16.3 Å². The van der Waals surface area contributed by atoms with Crippen LogP contribution in [-0.4, -0.2) is 44.4 Å². The fraction of sp³-hybridized carbons (Fsp3) is 0.600. The highest BCUT2D eigenvalue weighted by molar-refractivity contribution is 6.30. The van der Waals surface area contributed by atoms with Gasteiger partial charge in [-0.2, -0.15) is 13.2 Å². The Morgan fingerprint density at radius 3 is 2.52 bits per heavy atom. The molecular formula is C15H21Cl2F3N2O. The molecule has 1 aliphatic rings. The number of nitrogens with one attached hydrogen (secondary N) is 1. The highest BCUT2D eigenvalue weighted by atomic mass is 35.5. The van der Waals surface area contributed by atoms with Crippen LogP contribution in [0.1, 0.15) is 24.4 Å². The van der Waals surface area contributed by atoms with Gasteiger partial charge in [-0.3, -0.25) is 4.90 Å². The number of hydrogen-bond donors (Lipinski definition) is 1. The van der Waals surface area contributed by atoms with Crippen molar-refractivity contribution in [1.82, 2.24) is 10.2 Å². The van der Waals surface area contributed by atoms with Gasteiger partial charge in [0.15, 0.2) is 0 Å². The van der Waals surface area contributed by atoms with E-state index in [9.17, 15) is 13.2 Å². The molecule has 1 aliphatic heterocycles. The molecular weight excluding hydrogens is 352 g/mol. The first-order valence-corrected chi connectivity index (χ1v) is 7.63. The first-order chi connectivity index (χ1) is 10.4. The van der Waals surface area contributed by atoms with Crippen molar-refractivity contribution in [2.45, 2.75) is 25.1 Å². The molecule has 0 amide bonds. The van der Waals surface area contributed by atoms with Crippen LogP contribution < -0.4 is 10.1 Å². The van der Waals surface area contributed by atoms with Crippen LogP contribution in [0.2, 0.25) is 5.02 Å². The van der Waals surface area contributed by atoms with E-state index in [0.717, 1.165) is 18.7 Å². The lowest BCUT2D eigenvalue weighted by Crippen LogP contribution is -2.45. The minimum Gasteiger partial charge on any atom is -0.496 e. The summed E-state index contributed by atoms with van der Waals surface area (Å²) in [5.41, 5.74) is 0.723. The molecule has 3 nitrogen and oxygen atoms in total. The van der Waals surface area contributed by atoms with Crippen molar-refractivity contribution in [3.8, 4) is 5.75 Å². The van der Waals surface area contributed by atoms with Gasteiger partial charge in [0.2, 0.25) is 0 Å². The maximum Gasteiger partial charge on any atom is 0.389 e. The van der Waals surface area contributed by atoms with Gasteiger partial charge in [-0.15, -0.1) is 12.4 Å². The Labute approximate surface area is 145 Å². The third-order valence-corrected chi connectivity index (χ3v) is 4.08. The fourth-order valence-corrected chi connectivity index (χ4v) is 2.98. The Bertz CT molecular complexity index is 494. The lowest BCUT2D eigenvalue weighted by Gasteiger charge is -2.36. The summed E-state index contributed by atoms with van der Waals surface area (Å²) >= 11 is 6.04. The summed E-state index contributed by atoms with van der Waals surface area (Å²) in [6.07, 6.45) is -4.99. The quantitative estimate of drug-likeness (QED) is 0.843. The van der Waals surface area contributed by atoms with E-state index < -0.39 is 12.6 Å². The Kier molecular flexibility index (Phi) is 7.94. The monoisotopic (exact) mass is 372 g/mol. The first kappa shape index (κ1) is 20.4. The normalized spacial score (nSPS) is 17.4. The van der Waals surface area contributed by atoms with Gasteiger partial charge < -0.3 is 10.1 Å². The SMILES string of the molecule is COc1ccc(Cl)cc1[C@@H](CCC(F)(F)F)N1CCNCC1.Cl. The molecule has 1 fully saturated rings. The van der Waals surface area contributed by atoms with E-state index in [-0.39, 0.29) is 24.9 Å². The van der Waals surface area contributed by atoms with Gasteiger partial charge >= 0.3 is 6.18 Å². The van der Waals surface area contributed by atoms with E-state index in [1.807, 2.05) is 0 Å². The van der Waals surface area contributed by atoms with Crippen LogP contribution in [0.15, 0.2) is 18.2 Å². The summed E-state index contributed by atoms with van der Waals surface area (Å²) in [6, 6.07) is 4.75. The number of rotatable bonds is 5. The van der Waals surface area contributed by atoms with Crippen LogP contribution in [0.25, 0.3) is 0 Å². The number of halogens is 5. The van der Waals surface area contributed by atoms with Gasteiger partial charge in [-0.1, -0.05) is 11.6 Å². The molecule has 0 radical (unpaired) electrons. The summed E-state index contributed by atoms with van der Waals surface area (Å²) in [5, 5.41) is 3.71. The lowest BCUT2D eigenvalue weighted by molar-refractivity contribution is -0.138. The molecule has 1 heterocycles. The number of methoxy groups -OCH3 is 1. The summed E-state index contributed by atoms with van der Waals surface area (Å²) in [6.45, 7) is 2.95. The molecule has 132 valence electrons. The van der Waals surface area contributed by atoms with Crippen LogP contribution in [0, 0.1) is 0 Å². The minimum atomic E-state index is -4.17. The topological polar surface area (TPSA) is 24.5 Å². The van der Waals surface area contributed by atoms with Gasteiger partial charge in [-0.05, 0) is 24.6 Å². The Morgan fingerprint density at radius 2 is 1.96 bits per heavy atom. The second-order valence-corrected chi connectivity index (χ2v) is 5.78. The number of alkyl halides is 3. The Morgan fingerprint density at radius 1 is 1.30 bits per heavy atom. The zero-order valence-corrected chi connectivity index (χ0v) is 14.4. The molecule has 0 saturated carbocycles. The van der Waals surface area contributed by atoms with Crippen molar-refractivity contribution >= 4 is 24.0 Å². The molecule has 2 rings (SSSR count). The maximum atomic E-state index is 12.7. The minimum absolute atomic E-state index is 0. The number of hydrogen-bond acceptors (Lipinski definition) is 3. The molecule has 0 bridgehead atoms. The molecule has 23 heavy (non-hydrogen) atoms. The Hall–Kier alpha value is -0.690. The molecule has 8 heteroatoms. The first-order valence-electron chi connectivity index (χ1n) is 7.25.